The van der Waals surface area contributed by atoms with Crippen molar-refractivity contribution in [1.29, 1.82) is 0 Å². The van der Waals surface area contributed by atoms with E-state index in [-0.39, 0.29) is 23.4 Å². The van der Waals surface area contributed by atoms with Gasteiger partial charge in [-0.1, -0.05) is 12.1 Å². The number of aliphatic imine (C=N–C) groups is 1. The quantitative estimate of drug-likeness (QED) is 0.199. The molecule has 2 amide bonds. The lowest BCUT2D eigenvalue weighted by Crippen LogP contribution is -2.44. The molecule has 2 aliphatic heterocycles. The summed E-state index contributed by atoms with van der Waals surface area (Å²) >= 11 is 1.13. The van der Waals surface area contributed by atoms with E-state index in [2.05, 4.69) is 44.6 Å². The van der Waals surface area contributed by atoms with Gasteiger partial charge in [0.15, 0.2) is 11.6 Å². The third kappa shape index (κ3) is 6.22. The first-order valence-electron chi connectivity index (χ1n) is 14.3. The summed E-state index contributed by atoms with van der Waals surface area (Å²) in [5.74, 6) is -1.36. The number of likely N-dealkylation sites (N-methyl/N-ethyl adjacent to an activating group) is 1. The van der Waals surface area contributed by atoms with E-state index in [4.69, 9.17) is 0 Å². The van der Waals surface area contributed by atoms with Gasteiger partial charge in [-0.25, -0.2) is 0 Å². The number of hydrogen-bond acceptors (Lipinski definition) is 8. The summed E-state index contributed by atoms with van der Waals surface area (Å²) in [6, 6.07) is 23.1. The summed E-state index contributed by atoms with van der Waals surface area (Å²) in [7, 11) is 2.13. The SMILES string of the molecule is CC(=O)c1ccc(C(=O)Nc2ccc(C(=O)c3ccc4c(c3)NC(=O)C4C=Nc3ccc(N4CCN(C)CC4)cc3)cc2)s1. The fourth-order valence-electron chi connectivity index (χ4n) is 5.26. The van der Waals surface area contributed by atoms with Crippen LogP contribution in [0, 0.1) is 0 Å². The van der Waals surface area contributed by atoms with E-state index in [0.29, 0.717) is 32.3 Å². The van der Waals surface area contributed by atoms with Crippen molar-refractivity contribution in [2.75, 3.05) is 48.8 Å². The van der Waals surface area contributed by atoms with Crippen LogP contribution in [0.5, 0.6) is 0 Å². The fourth-order valence-corrected chi connectivity index (χ4v) is 6.06. The first-order valence-corrected chi connectivity index (χ1v) is 15.2. The van der Waals surface area contributed by atoms with Crippen LogP contribution in [0.4, 0.5) is 22.7 Å². The zero-order valence-corrected chi connectivity index (χ0v) is 25.2. The molecule has 10 heteroatoms. The van der Waals surface area contributed by atoms with E-state index in [0.717, 1.165) is 48.8 Å². The van der Waals surface area contributed by atoms with Crippen molar-refractivity contribution < 1.29 is 19.2 Å². The maximum absolute atomic E-state index is 13.2. The van der Waals surface area contributed by atoms with Crippen molar-refractivity contribution in [2.24, 2.45) is 4.99 Å². The van der Waals surface area contributed by atoms with Gasteiger partial charge in [0.2, 0.25) is 5.91 Å². The van der Waals surface area contributed by atoms with Crippen LogP contribution < -0.4 is 15.5 Å². The molecule has 0 saturated carbocycles. The summed E-state index contributed by atoms with van der Waals surface area (Å²) < 4.78 is 0. The molecule has 2 N–H and O–H groups in total. The van der Waals surface area contributed by atoms with Crippen molar-refractivity contribution in [3.05, 3.63) is 105 Å². The zero-order chi connectivity index (χ0) is 30.8. The summed E-state index contributed by atoms with van der Waals surface area (Å²) in [5, 5.41) is 5.67. The Morgan fingerprint density at radius 1 is 0.886 bits per heavy atom. The maximum Gasteiger partial charge on any atom is 0.265 e. The molecule has 1 atom stereocenters. The molecule has 1 fully saturated rings. The monoisotopic (exact) mass is 605 g/mol. The highest BCUT2D eigenvalue weighted by molar-refractivity contribution is 7.16. The van der Waals surface area contributed by atoms with Gasteiger partial charge in [-0.15, -0.1) is 11.3 Å². The Bertz CT molecular complexity index is 1770. The third-order valence-electron chi connectivity index (χ3n) is 7.86. The molecule has 9 nitrogen and oxygen atoms in total. The van der Waals surface area contributed by atoms with Gasteiger partial charge in [-0.2, -0.15) is 0 Å². The Hall–Kier alpha value is -4.93. The third-order valence-corrected chi connectivity index (χ3v) is 9.05. The normalized spacial score (nSPS) is 16.5. The second-order valence-electron chi connectivity index (χ2n) is 10.9. The molecule has 2 aliphatic rings. The van der Waals surface area contributed by atoms with E-state index in [1.54, 1.807) is 60.8 Å². The van der Waals surface area contributed by atoms with E-state index < -0.39 is 5.92 Å². The lowest BCUT2D eigenvalue weighted by atomic mass is 9.97. The Morgan fingerprint density at radius 2 is 1.57 bits per heavy atom. The minimum atomic E-state index is -0.552. The number of amides is 2. The van der Waals surface area contributed by atoms with Gasteiger partial charge < -0.3 is 20.4 Å². The van der Waals surface area contributed by atoms with E-state index in [9.17, 15) is 19.2 Å². The number of carbonyl (C=O) groups excluding carboxylic acids is 4. The molecule has 0 radical (unpaired) electrons. The van der Waals surface area contributed by atoms with Crippen molar-refractivity contribution in [2.45, 2.75) is 12.8 Å². The van der Waals surface area contributed by atoms with Crippen LogP contribution in [0.1, 0.15) is 53.7 Å². The molecule has 0 aliphatic carbocycles. The number of hydrogen-bond donors (Lipinski definition) is 2. The minimum absolute atomic E-state index is 0.0888. The van der Waals surface area contributed by atoms with E-state index >= 15 is 0 Å². The molecule has 44 heavy (non-hydrogen) atoms. The first kappa shape index (κ1) is 29.2. The molecule has 222 valence electrons. The van der Waals surface area contributed by atoms with Gasteiger partial charge >= 0.3 is 0 Å². The lowest BCUT2D eigenvalue weighted by Gasteiger charge is -2.34. The molecule has 0 spiro atoms. The zero-order valence-electron chi connectivity index (χ0n) is 24.4. The number of benzene rings is 3. The van der Waals surface area contributed by atoms with Crippen LogP contribution in [0.3, 0.4) is 0 Å². The van der Waals surface area contributed by atoms with Gasteiger partial charge in [-0.3, -0.25) is 24.2 Å². The summed E-state index contributed by atoms with van der Waals surface area (Å²) in [6.45, 7) is 5.52. The second kappa shape index (κ2) is 12.4. The highest BCUT2D eigenvalue weighted by Gasteiger charge is 2.30. The van der Waals surface area contributed by atoms with Crippen LogP contribution in [-0.4, -0.2) is 67.7 Å². The number of nitrogens with zero attached hydrogens (tertiary/aromatic N) is 3. The average molecular weight is 606 g/mol. The molecule has 1 saturated heterocycles. The average Bonchev–Trinajstić information content (AvgIpc) is 3.65. The molecule has 1 aromatic heterocycles. The summed E-state index contributed by atoms with van der Waals surface area (Å²) in [6.07, 6.45) is 1.65. The predicted octanol–water partition coefficient (Wildman–Crippen LogP) is 5.62. The highest BCUT2D eigenvalue weighted by atomic mass is 32.1. The number of Topliss-reactive ketones (excluding diaryl/α,β-unsaturated/α-hetero) is 1. The number of thiophene rings is 1. The molecule has 3 aromatic carbocycles. The number of fused-ring (bicyclic) bond motifs is 1. The maximum atomic E-state index is 13.2. The van der Waals surface area contributed by atoms with E-state index in [1.165, 1.54) is 12.6 Å². The number of ketones is 2. The van der Waals surface area contributed by atoms with Gasteiger partial charge in [0.1, 0.15) is 5.92 Å². The largest absolute Gasteiger partial charge is 0.369 e. The van der Waals surface area contributed by atoms with Crippen LogP contribution in [-0.2, 0) is 4.79 Å². The molecular formula is C34H31N5O4S. The first-order chi connectivity index (χ1) is 21.2. The van der Waals surface area contributed by atoms with Crippen LogP contribution >= 0.6 is 11.3 Å². The molecule has 6 rings (SSSR count). The van der Waals surface area contributed by atoms with Crippen molar-refractivity contribution >= 4 is 63.7 Å². The van der Waals surface area contributed by atoms with Crippen LogP contribution in [0.25, 0.3) is 0 Å². The number of piperazine rings is 1. The molecule has 1 unspecified atom stereocenters. The van der Waals surface area contributed by atoms with Crippen molar-refractivity contribution in [1.82, 2.24) is 4.90 Å². The topological polar surface area (TPSA) is 111 Å². The Morgan fingerprint density at radius 3 is 2.25 bits per heavy atom. The molecule has 0 bridgehead atoms. The number of rotatable bonds is 8. The van der Waals surface area contributed by atoms with E-state index in [1.807, 2.05) is 12.1 Å². The Kier molecular flexibility index (Phi) is 8.19. The summed E-state index contributed by atoms with van der Waals surface area (Å²) in [5.41, 5.74) is 4.71. The molecule has 4 aromatic rings. The highest BCUT2D eigenvalue weighted by Crippen LogP contribution is 2.33. The number of carbonyl (C=O) groups is 4. The lowest BCUT2D eigenvalue weighted by molar-refractivity contribution is -0.115. The molecular weight excluding hydrogens is 574 g/mol. The number of nitrogens with one attached hydrogen (secondary N) is 2. The van der Waals surface area contributed by atoms with Crippen molar-refractivity contribution in [3.8, 4) is 0 Å². The van der Waals surface area contributed by atoms with Gasteiger partial charge in [0.25, 0.3) is 5.91 Å². The van der Waals surface area contributed by atoms with Crippen molar-refractivity contribution in [3.63, 3.8) is 0 Å². The predicted molar refractivity (Wildman–Crippen MR) is 174 cm³/mol. The van der Waals surface area contributed by atoms with Gasteiger partial charge in [0, 0.05) is 60.6 Å². The Labute approximate surface area is 259 Å². The van der Waals surface area contributed by atoms with Crippen LogP contribution in [0.15, 0.2) is 83.9 Å². The second-order valence-corrected chi connectivity index (χ2v) is 12.0. The number of anilines is 3. The smallest absolute Gasteiger partial charge is 0.265 e. The molecule has 3 heterocycles. The van der Waals surface area contributed by atoms with Gasteiger partial charge in [-0.05, 0) is 86.3 Å². The fraction of sp³-hybridized carbons (Fsp3) is 0.206. The standard InChI is InChI=1S/C34H31N5O4S/c1-21(40)30-13-14-31(44-30)34(43)36-25-6-3-22(4-7-25)32(41)23-5-12-27-28(33(42)37-29(27)19-23)20-35-24-8-10-26(11-9-24)39-17-15-38(2)16-18-39/h3-14,19-20,28H,15-18H2,1-2H3,(H,36,43)(H,37,42). The Balaban J connectivity index is 1.10. The minimum Gasteiger partial charge on any atom is -0.369 e. The van der Waals surface area contributed by atoms with Crippen LogP contribution in [0.2, 0.25) is 0 Å². The van der Waals surface area contributed by atoms with Gasteiger partial charge in [0.05, 0.1) is 15.4 Å². The summed E-state index contributed by atoms with van der Waals surface area (Å²) in [4.78, 5) is 60.3.